The summed E-state index contributed by atoms with van der Waals surface area (Å²) in [5, 5.41) is 0.664. The van der Waals surface area contributed by atoms with Crippen LogP contribution in [0.15, 0.2) is 48.5 Å². The fraction of sp³-hybridized carbons (Fsp3) is 0.200. The van der Waals surface area contributed by atoms with E-state index < -0.39 is 0 Å². The van der Waals surface area contributed by atoms with Crippen LogP contribution in [0.4, 0.5) is 0 Å². The number of hydrogen-bond donors (Lipinski definition) is 1. The van der Waals surface area contributed by atoms with Crippen LogP contribution in [0.5, 0.6) is 5.75 Å². The Hall–Kier alpha value is -1.51. The predicted molar refractivity (Wildman–Crippen MR) is 75.1 cm³/mol. The predicted octanol–water partition coefficient (Wildman–Crippen LogP) is 3.73. The van der Waals surface area contributed by atoms with Gasteiger partial charge in [-0.15, -0.1) is 0 Å². The lowest BCUT2D eigenvalue weighted by atomic mass is 10.1. The molecule has 18 heavy (non-hydrogen) atoms. The van der Waals surface area contributed by atoms with Gasteiger partial charge in [-0.2, -0.15) is 0 Å². The number of aryl methyl sites for hydroxylation is 1. The van der Waals surface area contributed by atoms with Gasteiger partial charge in [0.1, 0.15) is 12.4 Å². The maximum absolute atomic E-state index is 6.09. The van der Waals surface area contributed by atoms with E-state index in [2.05, 4.69) is 6.07 Å². The largest absolute Gasteiger partial charge is 0.492 e. The summed E-state index contributed by atoms with van der Waals surface area (Å²) in [5.74, 6) is 0.741. The summed E-state index contributed by atoms with van der Waals surface area (Å²) in [6, 6.07) is 15.3. The zero-order chi connectivity index (χ0) is 13.0. The molecule has 0 fully saturated rings. The van der Waals surface area contributed by atoms with Gasteiger partial charge >= 0.3 is 0 Å². The Labute approximate surface area is 112 Å². The topological polar surface area (TPSA) is 35.2 Å². The molecule has 0 bridgehead atoms. The Morgan fingerprint density at radius 2 is 1.94 bits per heavy atom. The number of rotatable bonds is 4. The second-order valence-corrected chi connectivity index (χ2v) is 4.73. The molecule has 0 saturated carbocycles. The fourth-order valence-corrected chi connectivity index (χ4v) is 1.92. The van der Waals surface area contributed by atoms with Gasteiger partial charge in [0.2, 0.25) is 0 Å². The summed E-state index contributed by atoms with van der Waals surface area (Å²) in [5.41, 5.74) is 8.37. The van der Waals surface area contributed by atoms with Crippen molar-refractivity contribution in [3.05, 3.63) is 64.7 Å². The number of halogens is 1. The van der Waals surface area contributed by atoms with Crippen LogP contribution < -0.4 is 10.5 Å². The van der Waals surface area contributed by atoms with Gasteiger partial charge in [-0.3, -0.25) is 0 Å². The maximum atomic E-state index is 6.09. The molecule has 2 rings (SSSR count). The van der Waals surface area contributed by atoms with Gasteiger partial charge in [-0.25, -0.2) is 0 Å². The monoisotopic (exact) mass is 261 g/mol. The Morgan fingerprint density at radius 1 is 1.17 bits per heavy atom. The van der Waals surface area contributed by atoms with E-state index in [1.165, 1.54) is 5.56 Å². The first-order valence-electron chi connectivity index (χ1n) is 5.85. The van der Waals surface area contributed by atoms with Gasteiger partial charge in [0.15, 0.2) is 0 Å². The van der Waals surface area contributed by atoms with E-state index in [0.29, 0.717) is 11.6 Å². The molecular formula is C15H16ClNO. The van der Waals surface area contributed by atoms with Crippen molar-refractivity contribution in [2.24, 2.45) is 5.73 Å². The molecule has 94 valence electrons. The van der Waals surface area contributed by atoms with Gasteiger partial charge < -0.3 is 10.5 Å². The van der Waals surface area contributed by atoms with Crippen molar-refractivity contribution >= 4 is 11.6 Å². The highest BCUT2D eigenvalue weighted by Gasteiger charge is 2.07. The number of ether oxygens (including phenoxy) is 1. The zero-order valence-corrected chi connectivity index (χ0v) is 11.0. The minimum Gasteiger partial charge on any atom is -0.492 e. The standard InChI is InChI=1S/C15H16ClNO/c1-11-4-2-5-12(8-11)15(17)10-18-14-7-3-6-13(16)9-14/h2-9,15H,10,17H2,1H3. The Bertz CT molecular complexity index is 527. The van der Waals surface area contributed by atoms with Crippen LogP contribution in [-0.2, 0) is 0 Å². The van der Waals surface area contributed by atoms with Crippen LogP contribution in [0, 0.1) is 6.92 Å². The van der Waals surface area contributed by atoms with E-state index in [9.17, 15) is 0 Å². The molecule has 0 radical (unpaired) electrons. The van der Waals surface area contributed by atoms with Gasteiger partial charge in [0, 0.05) is 5.02 Å². The molecule has 0 saturated heterocycles. The van der Waals surface area contributed by atoms with Crippen molar-refractivity contribution in [1.29, 1.82) is 0 Å². The SMILES string of the molecule is Cc1cccc(C(N)COc2cccc(Cl)c2)c1. The minimum atomic E-state index is -0.135. The van der Waals surface area contributed by atoms with E-state index in [0.717, 1.165) is 11.3 Å². The molecule has 3 heteroatoms. The van der Waals surface area contributed by atoms with Crippen molar-refractivity contribution in [3.8, 4) is 5.75 Å². The maximum Gasteiger partial charge on any atom is 0.120 e. The van der Waals surface area contributed by atoms with Crippen molar-refractivity contribution in [2.75, 3.05) is 6.61 Å². The van der Waals surface area contributed by atoms with Crippen LogP contribution >= 0.6 is 11.6 Å². The number of hydrogen-bond acceptors (Lipinski definition) is 2. The molecule has 0 amide bonds. The molecule has 0 aliphatic rings. The first-order valence-corrected chi connectivity index (χ1v) is 6.23. The lowest BCUT2D eigenvalue weighted by Crippen LogP contribution is -2.19. The van der Waals surface area contributed by atoms with Gasteiger partial charge in [0.25, 0.3) is 0 Å². The van der Waals surface area contributed by atoms with E-state index in [4.69, 9.17) is 22.1 Å². The second-order valence-electron chi connectivity index (χ2n) is 4.29. The third kappa shape index (κ3) is 3.49. The van der Waals surface area contributed by atoms with E-state index in [1.54, 1.807) is 6.07 Å². The van der Waals surface area contributed by atoms with Crippen molar-refractivity contribution in [3.63, 3.8) is 0 Å². The molecule has 0 aliphatic carbocycles. The van der Waals surface area contributed by atoms with E-state index in [-0.39, 0.29) is 6.04 Å². The highest BCUT2D eigenvalue weighted by Crippen LogP contribution is 2.19. The molecule has 0 spiro atoms. The molecule has 0 aromatic heterocycles. The van der Waals surface area contributed by atoms with E-state index >= 15 is 0 Å². The first-order chi connectivity index (χ1) is 8.65. The van der Waals surface area contributed by atoms with Crippen molar-refractivity contribution in [1.82, 2.24) is 0 Å². The van der Waals surface area contributed by atoms with Crippen LogP contribution in [0.3, 0.4) is 0 Å². The quantitative estimate of drug-likeness (QED) is 0.910. The first kappa shape index (κ1) is 12.9. The average Bonchev–Trinajstić information content (AvgIpc) is 2.36. The smallest absolute Gasteiger partial charge is 0.120 e. The van der Waals surface area contributed by atoms with E-state index in [1.807, 2.05) is 43.3 Å². The molecular weight excluding hydrogens is 246 g/mol. The third-order valence-electron chi connectivity index (χ3n) is 2.70. The highest BCUT2D eigenvalue weighted by atomic mass is 35.5. The molecule has 2 aromatic rings. The summed E-state index contributed by atoms with van der Waals surface area (Å²) in [7, 11) is 0. The summed E-state index contributed by atoms with van der Waals surface area (Å²) < 4.78 is 5.63. The highest BCUT2D eigenvalue weighted by molar-refractivity contribution is 6.30. The van der Waals surface area contributed by atoms with Crippen LogP contribution in [-0.4, -0.2) is 6.61 Å². The molecule has 1 atom stereocenters. The molecule has 2 nitrogen and oxygen atoms in total. The lowest BCUT2D eigenvalue weighted by molar-refractivity contribution is 0.290. The average molecular weight is 262 g/mol. The van der Waals surface area contributed by atoms with Crippen LogP contribution in [0.25, 0.3) is 0 Å². The Kier molecular flexibility index (Phi) is 4.24. The zero-order valence-electron chi connectivity index (χ0n) is 10.3. The number of nitrogens with two attached hydrogens (primary N) is 1. The Balaban J connectivity index is 1.98. The van der Waals surface area contributed by atoms with Gasteiger partial charge in [0.05, 0.1) is 6.04 Å². The molecule has 1 unspecified atom stereocenters. The Morgan fingerprint density at radius 3 is 2.67 bits per heavy atom. The van der Waals surface area contributed by atoms with Crippen molar-refractivity contribution in [2.45, 2.75) is 13.0 Å². The van der Waals surface area contributed by atoms with Gasteiger partial charge in [-0.1, -0.05) is 47.5 Å². The van der Waals surface area contributed by atoms with Crippen molar-refractivity contribution < 1.29 is 4.74 Å². The number of benzene rings is 2. The summed E-state index contributed by atoms with van der Waals surface area (Å²) in [6.07, 6.45) is 0. The second kappa shape index (κ2) is 5.89. The normalized spacial score (nSPS) is 12.2. The summed E-state index contributed by atoms with van der Waals surface area (Å²) in [6.45, 7) is 2.48. The molecule has 2 N–H and O–H groups in total. The lowest BCUT2D eigenvalue weighted by Gasteiger charge is -2.14. The minimum absolute atomic E-state index is 0.135. The molecule has 0 aliphatic heterocycles. The summed E-state index contributed by atoms with van der Waals surface area (Å²) in [4.78, 5) is 0. The molecule has 0 heterocycles. The van der Waals surface area contributed by atoms with Crippen LogP contribution in [0.2, 0.25) is 5.02 Å². The van der Waals surface area contributed by atoms with Crippen LogP contribution in [0.1, 0.15) is 17.2 Å². The summed E-state index contributed by atoms with van der Waals surface area (Å²) >= 11 is 5.89. The molecule has 2 aromatic carbocycles. The van der Waals surface area contributed by atoms with Gasteiger partial charge in [-0.05, 0) is 30.7 Å². The fourth-order valence-electron chi connectivity index (χ4n) is 1.74. The third-order valence-corrected chi connectivity index (χ3v) is 2.93.